The molecule has 0 spiro atoms. The van der Waals surface area contributed by atoms with Gasteiger partial charge in [0.2, 0.25) is 0 Å². The highest BCUT2D eigenvalue weighted by Gasteiger charge is 2.30. The van der Waals surface area contributed by atoms with Gasteiger partial charge in [0.1, 0.15) is 0 Å². The summed E-state index contributed by atoms with van der Waals surface area (Å²) in [5.74, 6) is 0.109. The second-order valence-electron chi connectivity index (χ2n) is 6.49. The molecule has 1 N–H and O–H groups in total. The molecule has 6 nitrogen and oxygen atoms in total. The van der Waals surface area contributed by atoms with Gasteiger partial charge in [0.15, 0.2) is 21.9 Å². The fourth-order valence-corrected chi connectivity index (χ4v) is 3.42. The van der Waals surface area contributed by atoms with E-state index in [1.165, 1.54) is 13.2 Å². The number of carbonyl (C=O) groups is 1. The largest absolute Gasteiger partial charge is 0.487 e. The highest BCUT2D eigenvalue weighted by Crippen LogP contribution is 2.34. The van der Waals surface area contributed by atoms with Crippen LogP contribution in [0.2, 0.25) is 0 Å². The highest BCUT2D eigenvalue weighted by molar-refractivity contribution is 7.90. The average Bonchev–Trinajstić information content (AvgIpc) is 2.52. The third-order valence-electron chi connectivity index (χ3n) is 3.75. The Hall–Kier alpha value is -1.70. The summed E-state index contributed by atoms with van der Waals surface area (Å²) < 4.78 is 34.8. The van der Waals surface area contributed by atoms with Crippen LogP contribution in [0.5, 0.6) is 0 Å². The van der Waals surface area contributed by atoms with Crippen LogP contribution < -0.4 is 0 Å². The van der Waals surface area contributed by atoms with E-state index in [2.05, 4.69) is 0 Å². The molecular weight excluding hydrogens is 344 g/mol. The van der Waals surface area contributed by atoms with Crippen LogP contribution in [0.25, 0.3) is 5.57 Å². The van der Waals surface area contributed by atoms with Crippen LogP contribution in [0.3, 0.4) is 0 Å². The van der Waals surface area contributed by atoms with Gasteiger partial charge in [0.25, 0.3) is 0 Å². The molecule has 0 heterocycles. The van der Waals surface area contributed by atoms with E-state index in [9.17, 15) is 18.3 Å². The number of aliphatic hydroxyl groups excluding tert-OH is 1. The van der Waals surface area contributed by atoms with Gasteiger partial charge in [-0.2, -0.15) is 0 Å². The van der Waals surface area contributed by atoms with Crippen molar-refractivity contribution in [1.29, 1.82) is 0 Å². The van der Waals surface area contributed by atoms with E-state index in [0.29, 0.717) is 17.4 Å². The molecule has 0 amide bonds. The van der Waals surface area contributed by atoms with E-state index in [1.807, 2.05) is 0 Å². The van der Waals surface area contributed by atoms with Crippen LogP contribution >= 0.6 is 0 Å². The van der Waals surface area contributed by atoms with Crippen molar-refractivity contribution in [2.75, 3.05) is 13.4 Å². The van der Waals surface area contributed by atoms with E-state index in [4.69, 9.17) is 9.47 Å². The third kappa shape index (κ3) is 5.14. The zero-order chi connectivity index (χ0) is 19.4. The zero-order valence-corrected chi connectivity index (χ0v) is 16.3. The van der Waals surface area contributed by atoms with Crippen molar-refractivity contribution in [2.24, 2.45) is 0 Å². The van der Waals surface area contributed by atoms with Gasteiger partial charge in [0.05, 0.1) is 23.2 Å². The summed E-state index contributed by atoms with van der Waals surface area (Å²) in [4.78, 5) is 11.7. The standard InChI is InChI=1S/C18H26O6S/c1-12(2)24-15(11-20)17(18(3,4)23-5)13-7-8-16(25(6,21)22)14(9-13)10-19/h7-9,11-12,19H,10H2,1-6H3/b17-15+. The quantitative estimate of drug-likeness (QED) is 0.429. The van der Waals surface area contributed by atoms with Gasteiger partial charge >= 0.3 is 0 Å². The average molecular weight is 370 g/mol. The summed E-state index contributed by atoms with van der Waals surface area (Å²) >= 11 is 0. The minimum atomic E-state index is -3.48. The van der Waals surface area contributed by atoms with Gasteiger partial charge in [-0.1, -0.05) is 6.07 Å². The van der Waals surface area contributed by atoms with Gasteiger partial charge in [-0.3, -0.25) is 4.79 Å². The SMILES string of the molecule is COC(C)(C)/C(=C(\C=O)OC(C)C)c1ccc(S(C)(=O)=O)c(CO)c1. The molecule has 0 aromatic heterocycles. The summed E-state index contributed by atoms with van der Waals surface area (Å²) in [6, 6.07) is 4.54. The Morgan fingerprint density at radius 3 is 2.32 bits per heavy atom. The van der Waals surface area contributed by atoms with E-state index in [-0.39, 0.29) is 22.3 Å². The Morgan fingerprint density at radius 2 is 1.92 bits per heavy atom. The van der Waals surface area contributed by atoms with Gasteiger partial charge in [-0.15, -0.1) is 0 Å². The molecule has 7 heteroatoms. The van der Waals surface area contributed by atoms with Gasteiger partial charge in [0, 0.05) is 18.9 Å². The van der Waals surface area contributed by atoms with Crippen LogP contribution in [-0.4, -0.2) is 44.9 Å². The number of hydrogen-bond donors (Lipinski definition) is 1. The summed E-state index contributed by atoms with van der Waals surface area (Å²) in [5.41, 5.74) is 0.406. The molecular formula is C18H26O6S. The summed E-state index contributed by atoms with van der Waals surface area (Å²) in [7, 11) is -1.97. The van der Waals surface area contributed by atoms with Crippen molar-refractivity contribution < 1.29 is 27.8 Å². The molecule has 0 bridgehead atoms. The number of ether oxygens (including phenoxy) is 2. The molecule has 25 heavy (non-hydrogen) atoms. The first-order valence-corrected chi connectivity index (χ1v) is 9.73. The van der Waals surface area contributed by atoms with Gasteiger partial charge < -0.3 is 14.6 Å². The number of methoxy groups -OCH3 is 1. The van der Waals surface area contributed by atoms with E-state index in [0.717, 1.165) is 6.26 Å². The summed E-state index contributed by atoms with van der Waals surface area (Å²) in [6.07, 6.45) is 1.46. The fraction of sp³-hybridized carbons (Fsp3) is 0.500. The van der Waals surface area contributed by atoms with Crippen molar-refractivity contribution >= 4 is 21.7 Å². The lowest BCUT2D eigenvalue weighted by molar-refractivity contribution is -0.108. The first kappa shape index (κ1) is 21.3. The van der Waals surface area contributed by atoms with Crippen LogP contribution in [-0.2, 0) is 30.7 Å². The Kier molecular flexibility index (Phi) is 6.93. The fourth-order valence-electron chi connectivity index (χ4n) is 2.51. The number of hydrogen-bond acceptors (Lipinski definition) is 6. The lowest BCUT2D eigenvalue weighted by Crippen LogP contribution is -2.27. The molecule has 0 unspecified atom stereocenters. The van der Waals surface area contributed by atoms with Crippen LogP contribution in [0, 0.1) is 0 Å². The van der Waals surface area contributed by atoms with Crippen LogP contribution in [0.1, 0.15) is 38.8 Å². The number of benzene rings is 1. The molecule has 0 radical (unpaired) electrons. The van der Waals surface area contributed by atoms with Crippen molar-refractivity contribution in [3.63, 3.8) is 0 Å². The van der Waals surface area contributed by atoms with Crippen molar-refractivity contribution in [3.05, 3.63) is 35.1 Å². The second kappa shape index (κ2) is 8.12. The molecule has 1 rings (SSSR count). The maximum Gasteiger partial charge on any atom is 0.185 e. The lowest BCUT2D eigenvalue weighted by atomic mass is 9.89. The van der Waals surface area contributed by atoms with Crippen molar-refractivity contribution in [2.45, 2.75) is 50.9 Å². The number of aldehydes is 1. The Bertz CT molecular complexity index is 760. The number of carbonyl (C=O) groups excluding carboxylic acids is 1. The van der Waals surface area contributed by atoms with Crippen molar-refractivity contribution in [1.82, 2.24) is 0 Å². The summed E-state index contributed by atoms with van der Waals surface area (Å²) in [6.45, 7) is 6.70. The second-order valence-corrected chi connectivity index (χ2v) is 8.48. The minimum Gasteiger partial charge on any atom is -0.487 e. The summed E-state index contributed by atoms with van der Waals surface area (Å²) in [5, 5.41) is 9.58. The van der Waals surface area contributed by atoms with Gasteiger partial charge in [-0.05, 0) is 51.0 Å². The van der Waals surface area contributed by atoms with Crippen LogP contribution in [0.4, 0.5) is 0 Å². The lowest BCUT2D eigenvalue weighted by Gasteiger charge is -2.29. The number of aliphatic hydroxyl groups is 1. The molecule has 0 saturated heterocycles. The number of sulfone groups is 1. The van der Waals surface area contributed by atoms with Crippen LogP contribution in [0.15, 0.2) is 28.9 Å². The maximum absolute atomic E-state index is 11.9. The molecule has 0 fully saturated rings. The Balaban J connectivity index is 3.73. The topological polar surface area (TPSA) is 89.9 Å². The van der Waals surface area contributed by atoms with Crippen molar-refractivity contribution in [3.8, 4) is 0 Å². The molecule has 1 aromatic carbocycles. The third-order valence-corrected chi connectivity index (χ3v) is 4.94. The predicted octanol–water partition coefficient (Wildman–Crippen LogP) is 2.34. The zero-order valence-electron chi connectivity index (χ0n) is 15.5. The molecule has 0 aliphatic carbocycles. The smallest absolute Gasteiger partial charge is 0.185 e. The highest BCUT2D eigenvalue weighted by atomic mass is 32.2. The molecule has 1 aromatic rings. The normalized spacial score (nSPS) is 13.6. The number of rotatable bonds is 8. The van der Waals surface area contributed by atoms with Gasteiger partial charge in [-0.25, -0.2) is 8.42 Å². The minimum absolute atomic E-state index is 0.0470. The first-order chi connectivity index (χ1) is 11.5. The Labute approximate surface area is 149 Å². The molecule has 0 saturated carbocycles. The molecule has 0 atom stereocenters. The van der Waals surface area contributed by atoms with E-state index in [1.54, 1.807) is 39.8 Å². The predicted molar refractivity (Wildman–Crippen MR) is 95.8 cm³/mol. The van der Waals surface area contributed by atoms with E-state index < -0.39 is 22.0 Å². The Morgan fingerprint density at radius 1 is 1.32 bits per heavy atom. The molecule has 0 aliphatic rings. The molecule has 140 valence electrons. The first-order valence-electron chi connectivity index (χ1n) is 7.83. The monoisotopic (exact) mass is 370 g/mol. The van der Waals surface area contributed by atoms with E-state index >= 15 is 0 Å². The molecule has 0 aliphatic heterocycles. The number of allylic oxidation sites excluding steroid dienone is 1. The maximum atomic E-state index is 11.9.